The number of carbonyl (C=O) groups is 1. The smallest absolute Gasteiger partial charge is 0.261 e. The lowest BCUT2D eigenvalue weighted by atomic mass is 10.2. The van der Waals surface area contributed by atoms with Gasteiger partial charge in [-0.05, 0) is 30.7 Å². The molecule has 0 radical (unpaired) electrons. The highest BCUT2D eigenvalue weighted by atomic mass is 35.5. The van der Waals surface area contributed by atoms with Crippen LogP contribution in [-0.2, 0) is 4.79 Å². The fourth-order valence-electron chi connectivity index (χ4n) is 1.98. The summed E-state index contributed by atoms with van der Waals surface area (Å²) >= 11 is 6.03. The zero-order valence-electron chi connectivity index (χ0n) is 12.2. The van der Waals surface area contributed by atoms with E-state index in [1.54, 1.807) is 36.4 Å². The lowest BCUT2D eigenvalue weighted by Crippen LogP contribution is -2.41. The Labute approximate surface area is 133 Å². The summed E-state index contributed by atoms with van der Waals surface area (Å²) in [5, 5.41) is 12.6. The number of rotatable bonds is 7. The maximum absolute atomic E-state index is 12.3. The van der Waals surface area contributed by atoms with Gasteiger partial charge in [0.15, 0.2) is 6.10 Å². The molecule has 1 amide bonds. The van der Waals surface area contributed by atoms with E-state index in [9.17, 15) is 9.90 Å². The Hall–Kier alpha value is -1.98. The molecule has 6 heteroatoms. The van der Waals surface area contributed by atoms with E-state index in [0.717, 1.165) is 0 Å². The molecular formula is C16H18ClNO4. The highest BCUT2D eigenvalue weighted by molar-refractivity contribution is 6.32. The quantitative estimate of drug-likeness (QED) is 0.821. The van der Waals surface area contributed by atoms with Gasteiger partial charge in [-0.15, -0.1) is 0 Å². The van der Waals surface area contributed by atoms with Gasteiger partial charge in [0.25, 0.3) is 5.91 Å². The molecule has 0 spiro atoms. The van der Waals surface area contributed by atoms with Crippen molar-refractivity contribution < 1.29 is 19.1 Å². The molecule has 118 valence electrons. The normalized spacial score (nSPS) is 13.4. The van der Waals surface area contributed by atoms with Crippen LogP contribution in [0.3, 0.4) is 0 Å². The zero-order valence-corrected chi connectivity index (χ0v) is 12.9. The van der Waals surface area contributed by atoms with Crippen LogP contribution in [0.1, 0.15) is 25.1 Å². The van der Waals surface area contributed by atoms with Crippen LogP contribution in [0.5, 0.6) is 5.75 Å². The van der Waals surface area contributed by atoms with Crippen molar-refractivity contribution in [2.45, 2.75) is 25.5 Å². The van der Waals surface area contributed by atoms with E-state index in [1.807, 2.05) is 6.92 Å². The minimum absolute atomic E-state index is 0.262. The number of hydrogen-bond donors (Lipinski definition) is 2. The molecule has 5 nitrogen and oxygen atoms in total. The van der Waals surface area contributed by atoms with Crippen LogP contribution >= 0.6 is 11.6 Å². The van der Waals surface area contributed by atoms with E-state index in [1.165, 1.54) is 6.26 Å². The van der Waals surface area contributed by atoms with E-state index in [2.05, 4.69) is 5.32 Å². The third-order valence-corrected chi connectivity index (χ3v) is 3.47. The first-order chi connectivity index (χ1) is 10.7. The van der Waals surface area contributed by atoms with Crippen molar-refractivity contribution >= 4 is 17.5 Å². The molecule has 2 unspecified atom stereocenters. The van der Waals surface area contributed by atoms with Gasteiger partial charge in [-0.3, -0.25) is 4.79 Å². The number of carbonyl (C=O) groups excluding carboxylic acids is 1. The standard InChI is InChI=1S/C16H18ClNO4/c1-2-13(22-14-7-4-3-6-11(14)17)16(20)18-12(10-19)15-8-5-9-21-15/h3-9,12-13,19H,2,10H2,1H3,(H,18,20). The lowest BCUT2D eigenvalue weighted by Gasteiger charge is -2.21. The molecular weight excluding hydrogens is 306 g/mol. The number of nitrogens with one attached hydrogen (secondary N) is 1. The topological polar surface area (TPSA) is 71.7 Å². The van der Waals surface area contributed by atoms with Gasteiger partial charge in [-0.25, -0.2) is 0 Å². The van der Waals surface area contributed by atoms with E-state index in [0.29, 0.717) is 23.0 Å². The number of para-hydroxylation sites is 1. The molecule has 2 atom stereocenters. The molecule has 0 aliphatic carbocycles. The van der Waals surface area contributed by atoms with Gasteiger partial charge in [0.1, 0.15) is 17.6 Å². The summed E-state index contributed by atoms with van der Waals surface area (Å²) in [6.45, 7) is 1.57. The number of hydrogen-bond acceptors (Lipinski definition) is 4. The van der Waals surface area contributed by atoms with Crippen LogP contribution in [-0.4, -0.2) is 23.7 Å². The molecule has 22 heavy (non-hydrogen) atoms. The number of halogens is 1. The van der Waals surface area contributed by atoms with E-state index < -0.39 is 12.1 Å². The predicted molar refractivity (Wildman–Crippen MR) is 82.8 cm³/mol. The Bertz CT molecular complexity index is 600. The molecule has 1 aromatic heterocycles. The van der Waals surface area contributed by atoms with Gasteiger partial charge < -0.3 is 19.6 Å². The maximum Gasteiger partial charge on any atom is 0.261 e. The van der Waals surface area contributed by atoms with Crippen LogP contribution in [0.4, 0.5) is 0 Å². The Kier molecular flexibility index (Phi) is 5.86. The summed E-state index contributed by atoms with van der Waals surface area (Å²) in [5.74, 6) is 0.603. The van der Waals surface area contributed by atoms with Crippen LogP contribution < -0.4 is 10.1 Å². The van der Waals surface area contributed by atoms with Crippen LogP contribution in [0.15, 0.2) is 47.1 Å². The zero-order chi connectivity index (χ0) is 15.9. The van der Waals surface area contributed by atoms with Crippen molar-refractivity contribution in [3.63, 3.8) is 0 Å². The molecule has 0 aliphatic heterocycles. The summed E-state index contributed by atoms with van der Waals surface area (Å²) in [5.41, 5.74) is 0. The lowest BCUT2D eigenvalue weighted by molar-refractivity contribution is -0.129. The van der Waals surface area contributed by atoms with Crippen LogP contribution in [0, 0.1) is 0 Å². The van der Waals surface area contributed by atoms with E-state index in [-0.39, 0.29) is 12.5 Å². The number of furan rings is 1. The van der Waals surface area contributed by atoms with E-state index in [4.69, 9.17) is 20.8 Å². The summed E-state index contributed by atoms with van der Waals surface area (Å²) in [6, 6.07) is 9.75. The molecule has 0 fully saturated rings. The average molecular weight is 324 g/mol. The van der Waals surface area contributed by atoms with Gasteiger partial charge >= 0.3 is 0 Å². The fraction of sp³-hybridized carbons (Fsp3) is 0.312. The Balaban J connectivity index is 2.04. The second-order valence-corrected chi connectivity index (χ2v) is 5.11. The maximum atomic E-state index is 12.3. The molecule has 0 bridgehead atoms. The van der Waals surface area contributed by atoms with Gasteiger partial charge in [0, 0.05) is 0 Å². The van der Waals surface area contributed by atoms with Crippen molar-refractivity contribution in [3.8, 4) is 5.75 Å². The van der Waals surface area contributed by atoms with Gasteiger partial charge in [0.2, 0.25) is 0 Å². The molecule has 0 saturated heterocycles. The number of benzene rings is 1. The molecule has 0 saturated carbocycles. The van der Waals surface area contributed by atoms with Crippen molar-refractivity contribution in [1.82, 2.24) is 5.32 Å². The highest BCUT2D eigenvalue weighted by Crippen LogP contribution is 2.25. The van der Waals surface area contributed by atoms with Crippen LogP contribution in [0.25, 0.3) is 0 Å². The minimum Gasteiger partial charge on any atom is -0.479 e. The fourth-order valence-corrected chi connectivity index (χ4v) is 2.16. The van der Waals surface area contributed by atoms with Crippen molar-refractivity contribution in [2.24, 2.45) is 0 Å². The summed E-state index contributed by atoms with van der Waals surface area (Å²) in [7, 11) is 0. The minimum atomic E-state index is -0.705. The number of ether oxygens (including phenoxy) is 1. The number of amides is 1. The average Bonchev–Trinajstić information content (AvgIpc) is 3.05. The molecule has 1 aromatic carbocycles. The van der Waals surface area contributed by atoms with E-state index >= 15 is 0 Å². The first kappa shape index (κ1) is 16.4. The van der Waals surface area contributed by atoms with Crippen molar-refractivity contribution in [1.29, 1.82) is 0 Å². The SMILES string of the molecule is CCC(Oc1ccccc1Cl)C(=O)NC(CO)c1ccco1. The van der Waals surface area contributed by atoms with Crippen molar-refractivity contribution in [2.75, 3.05) is 6.61 Å². The van der Waals surface area contributed by atoms with Gasteiger partial charge in [0.05, 0.1) is 17.9 Å². The second-order valence-electron chi connectivity index (χ2n) is 4.70. The third kappa shape index (κ3) is 4.02. The summed E-state index contributed by atoms with van der Waals surface area (Å²) in [4.78, 5) is 12.3. The van der Waals surface area contributed by atoms with Gasteiger partial charge in [-0.1, -0.05) is 30.7 Å². The number of aliphatic hydroxyl groups excluding tert-OH is 1. The molecule has 2 N–H and O–H groups in total. The molecule has 2 aromatic rings. The summed E-state index contributed by atoms with van der Waals surface area (Å²) in [6.07, 6.45) is 1.25. The monoisotopic (exact) mass is 323 g/mol. The second kappa shape index (κ2) is 7.87. The Morgan fingerprint density at radius 3 is 2.73 bits per heavy atom. The largest absolute Gasteiger partial charge is 0.479 e. The molecule has 1 heterocycles. The first-order valence-corrected chi connectivity index (χ1v) is 7.39. The molecule has 0 aliphatic rings. The predicted octanol–water partition coefficient (Wildman–Crippen LogP) is 2.94. The first-order valence-electron chi connectivity index (χ1n) is 7.01. The summed E-state index contributed by atoms with van der Waals surface area (Å²) < 4.78 is 10.9. The Morgan fingerprint density at radius 2 is 2.14 bits per heavy atom. The molecule has 2 rings (SSSR count). The third-order valence-electron chi connectivity index (χ3n) is 3.15. The van der Waals surface area contributed by atoms with Crippen LogP contribution in [0.2, 0.25) is 5.02 Å². The Morgan fingerprint density at radius 1 is 1.36 bits per heavy atom. The highest BCUT2D eigenvalue weighted by Gasteiger charge is 2.24. The number of aliphatic hydroxyl groups is 1. The van der Waals surface area contributed by atoms with Gasteiger partial charge in [-0.2, -0.15) is 0 Å². The van der Waals surface area contributed by atoms with Crippen molar-refractivity contribution in [3.05, 3.63) is 53.4 Å².